The molecule has 8 nitrogen and oxygen atoms in total. The highest BCUT2D eigenvalue weighted by Crippen LogP contribution is 2.37. The Morgan fingerprint density at radius 3 is 1.93 bits per heavy atom. The van der Waals surface area contributed by atoms with Crippen LogP contribution in [0.1, 0.15) is 41.4 Å². The number of benzene rings is 3. The maximum absolute atomic E-state index is 14.8. The number of anilines is 1. The molecule has 0 saturated carbocycles. The van der Waals surface area contributed by atoms with Gasteiger partial charge in [0.05, 0.1) is 24.0 Å². The number of carbonyl (C=O) groups excluding carboxylic acids is 2. The molecule has 0 radical (unpaired) electrons. The number of amides is 2. The summed E-state index contributed by atoms with van der Waals surface area (Å²) in [6, 6.07) is 16.5. The van der Waals surface area contributed by atoms with Gasteiger partial charge in [0.2, 0.25) is 15.9 Å². The molecular weight excluding hydrogens is 590 g/mol. The molecule has 1 heterocycles. The van der Waals surface area contributed by atoms with Crippen molar-refractivity contribution in [2.75, 3.05) is 23.7 Å². The Balaban J connectivity index is 1.63. The van der Waals surface area contributed by atoms with Gasteiger partial charge in [-0.25, -0.2) is 12.8 Å². The number of hydrogen-bond acceptors (Lipinski definition) is 5. The van der Waals surface area contributed by atoms with Crippen molar-refractivity contribution in [3.8, 4) is 0 Å². The van der Waals surface area contributed by atoms with Gasteiger partial charge in [-0.3, -0.25) is 18.8 Å². The molecule has 1 aliphatic heterocycles. The fourth-order valence-corrected chi connectivity index (χ4v) is 6.46. The van der Waals surface area contributed by atoms with Crippen LogP contribution in [0.2, 0.25) is 10.0 Å². The summed E-state index contributed by atoms with van der Waals surface area (Å²) < 4.78 is 41.9. The highest BCUT2D eigenvalue weighted by Gasteiger charge is 2.41. The minimum atomic E-state index is -3.88. The molecule has 4 rings (SSSR count). The number of halogens is 3. The third-order valence-electron chi connectivity index (χ3n) is 6.98. The lowest BCUT2D eigenvalue weighted by Gasteiger charge is -2.48. The lowest BCUT2D eigenvalue weighted by Crippen LogP contribution is -2.61. The van der Waals surface area contributed by atoms with Crippen LogP contribution in [-0.4, -0.2) is 56.6 Å². The van der Waals surface area contributed by atoms with Gasteiger partial charge in [0.15, 0.2) is 0 Å². The monoisotopic (exact) mass is 620 g/mol. The Bertz CT molecular complexity index is 1480. The maximum atomic E-state index is 14.8. The Hall–Kier alpha value is -3.18. The smallest absolute Gasteiger partial charge is 0.252 e. The second-order valence-corrected chi connectivity index (χ2v) is 13.2. The summed E-state index contributed by atoms with van der Waals surface area (Å²) in [4.78, 5) is 26.8. The van der Waals surface area contributed by atoms with E-state index in [4.69, 9.17) is 28.9 Å². The molecule has 0 spiro atoms. The minimum absolute atomic E-state index is 0.0111. The molecule has 3 N–H and O–H groups in total. The molecule has 41 heavy (non-hydrogen) atoms. The van der Waals surface area contributed by atoms with Crippen molar-refractivity contribution in [2.24, 2.45) is 11.7 Å². The Kier molecular flexibility index (Phi) is 9.28. The molecule has 1 saturated heterocycles. The van der Waals surface area contributed by atoms with Crippen molar-refractivity contribution in [3.05, 3.63) is 99.3 Å². The zero-order chi connectivity index (χ0) is 30.1. The Labute approximate surface area is 249 Å². The molecule has 3 aromatic carbocycles. The molecular formula is C29H31Cl2FN4O4S. The fourth-order valence-electron chi connectivity index (χ4n) is 5.05. The van der Waals surface area contributed by atoms with Crippen molar-refractivity contribution in [1.29, 1.82) is 0 Å². The number of likely N-dealkylation sites (tertiary alicyclic amines) is 1. The highest BCUT2D eigenvalue weighted by molar-refractivity contribution is 7.92. The topological polar surface area (TPSA) is 113 Å². The van der Waals surface area contributed by atoms with Gasteiger partial charge in [0, 0.05) is 28.7 Å². The molecule has 0 aromatic heterocycles. The summed E-state index contributed by atoms with van der Waals surface area (Å²) in [5.74, 6) is -2.56. The summed E-state index contributed by atoms with van der Waals surface area (Å²) in [6.07, 6.45) is 1.04. The van der Waals surface area contributed by atoms with E-state index in [0.29, 0.717) is 23.1 Å². The number of nitrogens with one attached hydrogen (secondary N) is 1. The van der Waals surface area contributed by atoms with Crippen LogP contribution in [0.15, 0.2) is 66.7 Å². The molecule has 1 aliphatic rings. The Morgan fingerprint density at radius 1 is 0.976 bits per heavy atom. The number of primary amides is 1. The zero-order valence-electron chi connectivity index (χ0n) is 22.7. The first-order valence-corrected chi connectivity index (χ1v) is 15.5. The third-order valence-corrected chi connectivity index (χ3v) is 8.70. The predicted octanol–water partition coefficient (Wildman–Crippen LogP) is 4.61. The summed E-state index contributed by atoms with van der Waals surface area (Å²) >= 11 is 12.2. The van der Waals surface area contributed by atoms with Gasteiger partial charge >= 0.3 is 0 Å². The van der Waals surface area contributed by atoms with Gasteiger partial charge in [-0.2, -0.15) is 0 Å². The first-order chi connectivity index (χ1) is 19.2. The van der Waals surface area contributed by atoms with Crippen molar-refractivity contribution in [3.63, 3.8) is 0 Å². The highest BCUT2D eigenvalue weighted by atomic mass is 35.5. The first kappa shape index (κ1) is 30.8. The number of carbonyl (C=O) groups is 2. The van der Waals surface area contributed by atoms with E-state index in [-0.39, 0.29) is 23.2 Å². The van der Waals surface area contributed by atoms with E-state index >= 15 is 0 Å². The molecule has 3 aromatic rings. The molecule has 0 aliphatic carbocycles. The van der Waals surface area contributed by atoms with Crippen molar-refractivity contribution in [1.82, 2.24) is 10.2 Å². The molecule has 1 fully saturated rings. The van der Waals surface area contributed by atoms with Crippen LogP contribution in [0.25, 0.3) is 0 Å². The largest absolute Gasteiger partial charge is 0.368 e. The number of nitrogens with two attached hydrogens (primary N) is 1. The Morgan fingerprint density at radius 2 is 1.49 bits per heavy atom. The predicted molar refractivity (Wildman–Crippen MR) is 159 cm³/mol. The maximum Gasteiger partial charge on any atom is 0.252 e. The number of hydrogen-bond donors (Lipinski definition) is 2. The number of rotatable bonds is 10. The van der Waals surface area contributed by atoms with Crippen molar-refractivity contribution < 1.29 is 22.4 Å². The molecule has 2 amide bonds. The molecule has 1 atom stereocenters. The molecule has 12 heteroatoms. The number of nitrogens with zero attached hydrogens (tertiary/aromatic N) is 2. The normalized spacial score (nSPS) is 15.0. The number of sulfonamides is 1. The third kappa shape index (κ3) is 7.19. The van der Waals surface area contributed by atoms with Gasteiger partial charge < -0.3 is 11.1 Å². The van der Waals surface area contributed by atoms with E-state index < -0.39 is 39.7 Å². The van der Waals surface area contributed by atoms with E-state index in [9.17, 15) is 22.4 Å². The average molecular weight is 622 g/mol. The van der Waals surface area contributed by atoms with E-state index in [2.05, 4.69) is 10.2 Å². The van der Waals surface area contributed by atoms with Crippen LogP contribution in [-0.2, 0) is 14.8 Å². The van der Waals surface area contributed by atoms with Crippen molar-refractivity contribution >= 4 is 50.7 Å². The van der Waals surface area contributed by atoms with Gasteiger partial charge in [-0.15, -0.1) is 0 Å². The minimum Gasteiger partial charge on any atom is -0.368 e. The van der Waals surface area contributed by atoms with Gasteiger partial charge in [-0.1, -0.05) is 61.3 Å². The van der Waals surface area contributed by atoms with Gasteiger partial charge in [0.25, 0.3) is 5.91 Å². The molecule has 0 bridgehead atoms. The van der Waals surface area contributed by atoms with E-state index in [0.717, 1.165) is 33.8 Å². The van der Waals surface area contributed by atoms with Crippen molar-refractivity contribution in [2.45, 2.75) is 32.0 Å². The summed E-state index contributed by atoms with van der Waals surface area (Å²) in [5.41, 5.74) is 7.20. The van der Waals surface area contributed by atoms with Crippen LogP contribution in [0.4, 0.5) is 10.1 Å². The SMILES string of the molecule is CC(C)C(NC(=O)c1cc(F)cc(N(C2CN(C(c3ccc(Cl)cc3)c3ccc(Cl)cc3)C2)S(C)(=O)=O)c1)C(N)=O. The summed E-state index contributed by atoms with van der Waals surface area (Å²) in [6.45, 7) is 4.08. The van der Waals surface area contributed by atoms with Crippen LogP contribution < -0.4 is 15.4 Å². The molecule has 1 unspecified atom stereocenters. The van der Waals surface area contributed by atoms with E-state index in [1.165, 1.54) is 6.07 Å². The fraction of sp³-hybridized carbons (Fsp3) is 0.310. The quantitative estimate of drug-likeness (QED) is 0.344. The van der Waals surface area contributed by atoms with Gasteiger partial charge in [0.1, 0.15) is 11.9 Å². The first-order valence-electron chi connectivity index (χ1n) is 12.9. The summed E-state index contributed by atoms with van der Waals surface area (Å²) in [7, 11) is -3.88. The lowest BCUT2D eigenvalue weighted by atomic mass is 9.93. The van der Waals surface area contributed by atoms with E-state index in [1.807, 2.05) is 24.3 Å². The van der Waals surface area contributed by atoms with Crippen LogP contribution in [0.5, 0.6) is 0 Å². The second kappa shape index (κ2) is 12.4. The lowest BCUT2D eigenvalue weighted by molar-refractivity contribution is -0.120. The molecule has 218 valence electrons. The van der Waals surface area contributed by atoms with Crippen LogP contribution >= 0.6 is 23.2 Å². The van der Waals surface area contributed by atoms with Gasteiger partial charge in [-0.05, 0) is 59.5 Å². The van der Waals surface area contributed by atoms with E-state index in [1.54, 1.807) is 38.1 Å². The van der Waals surface area contributed by atoms with Crippen LogP contribution in [0, 0.1) is 11.7 Å². The summed E-state index contributed by atoms with van der Waals surface area (Å²) in [5, 5.41) is 3.70. The average Bonchev–Trinajstić information content (AvgIpc) is 2.86. The van der Waals surface area contributed by atoms with Crippen LogP contribution in [0.3, 0.4) is 0 Å². The standard InChI is InChI=1S/C29H31Cl2FN4O4S/c1-17(2)26(28(33)37)34-29(38)20-12-23(32)14-24(13-20)36(41(3,39)40)25-15-35(16-25)27(18-4-8-21(30)9-5-18)19-6-10-22(31)11-7-19/h4-14,17,25-27H,15-16H2,1-3H3,(H2,33,37)(H,34,38). The second-order valence-electron chi connectivity index (χ2n) is 10.5. The zero-order valence-corrected chi connectivity index (χ0v) is 25.0.